The standard InChI is InChI=1S/C58H37N3O/c1-2-13-41(14-3-1)60-53-19-9-6-16-47(53)49-34-31-45(37-55(49)60)59(44-32-35-57-52(36-44)50-18-8-11-21-56(50)62-57)42-27-22-38(23-28-42)39-24-29-43(30-25-39)61-54-20-10-7-17-48(54)51-33-26-40-12-4-5-15-46(40)58(51)61/h1-37H. The Morgan fingerprint density at radius 2 is 0.839 bits per heavy atom. The minimum absolute atomic E-state index is 0.877. The van der Waals surface area contributed by atoms with Crippen LogP contribution in [0.4, 0.5) is 17.1 Å². The molecule has 0 aliphatic carbocycles. The van der Waals surface area contributed by atoms with Crippen molar-refractivity contribution in [2.24, 2.45) is 0 Å². The summed E-state index contributed by atoms with van der Waals surface area (Å²) in [6, 6.07) is 81.0. The molecule has 4 heteroatoms. The highest BCUT2D eigenvalue weighted by Crippen LogP contribution is 2.43. The number of furan rings is 1. The Hall–Kier alpha value is -8.34. The molecule has 13 rings (SSSR count). The molecule has 3 heterocycles. The van der Waals surface area contributed by atoms with Crippen molar-refractivity contribution in [1.82, 2.24) is 9.13 Å². The van der Waals surface area contributed by atoms with Crippen LogP contribution >= 0.6 is 0 Å². The molecule has 0 saturated carbocycles. The van der Waals surface area contributed by atoms with Crippen molar-refractivity contribution in [3.05, 3.63) is 224 Å². The fourth-order valence-electron chi connectivity index (χ4n) is 9.86. The lowest BCUT2D eigenvalue weighted by atomic mass is 10.0. The van der Waals surface area contributed by atoms with E-state index in [0.717, 1.165) is 67.0 Å². The number of fused-ring (bicyclic) bond motifs is 11. The summed E-state index contributed by atoms with van der Waals surface area (Å²) in [4.78, 5) is 2.37. The number of aromatic nitrogens is 2. The first kappa shape index (κ1) is 34.5. The number of benzene rings is 10. The van der Waals surface area contributed by atoms with Crippen LogP contribution in [0.5, 0.6) is 0 Å². The first-order valence-corrected chi connectivity index (χ1v) is 21.2. The Bertz CT molecular complexity index is 3850. The Balaban J connectivity index is 0.940. The number of nitrogens with zero attached hydrogens (tertiary/aromatic N) is 3. The van der Waals surface area contributed by atoms with Gasteiger partial charge < -0.3 is 18.5 Å². The smallest absolute Gasteiger partial charge is 0.135 e. The Kier molecular flexibility index (Phi) is 7.57. The average Bonchev–Trinajstić information content (AvgIpc) is 4.00. The van der Waals surface area contributed by atoms with E-state index in [1.165, 1.54) is 48.9 Å². The van der Waals surface area contributed by atoms with Crippen LogP contribution in [-0.2, 0) is 0 Å². The zero-order valence-corrected chi connectivity index (χ0v) is 33.6. The van der Waals surface area contributed by atoms with Gasteiger partial charge in [-0.15, -0.1) is 0 Å². The summed E-state index contributed by atoms with van der Waals surface area (Å²) in [6.45, 7) is 0. The summed E-state index contributed by atoms with van der Waals surface area (Å²) in [5, 5.41) is 9.68. The van der Waals surface area contributed by atoms with Crippen molar-refractivity contribution in [2.75, 3.05) is 4.90 Å². The van der Waals surface area contributed by atoms with E-state index in [1.807, 2.05) is 12.1 Å². The van der Waals surface area contributed by atoms with Gasteiger partial charge in [0, 0.05) is 66.1 Å². The molecule has 0 spiro atoms. The number of hydrogen-bond acceptors (Lipinski definition) is 2. The van der Waals surface area contributed by atoms with Crippen LogP contribution in [0.2, 0.25) is 0 Å². The van der Waals surface area contributed by atoms with Gasteiger partial charge in [0.15, 0.2) is 0 Å². The van der Waals surface area contributed by atoms with E-state index < -0.39 is 0 Å². The molecule has 0 N–H and O–H groups in total. The lowest BCUT2D eigenvalue weighted by Gasteiger charge is -2.26. The highest BCUT2D eigenvalue weighted by Gasteiger charge is 2.20. The van der Waals surface area contributed by atoms with Gasteiger partial charge in [-0.1, -0.05) is 140 Å². The fraction of sp³-hybridized carbons (Fsp3) is 0. The van der Waals surface area contributed by atoms with Crippen molar-refractivity contribution >= 4 is 93.4 Å². The third kappa shape index (κ3) is 5.27. The van der Waals surface area contributed by atoms with Gasteiger partial charge in [-0.2, -0.15) is 0 Å². The van der Waals surface area contributed by atoms with Crippen LogP contribution in [-0.4, -0.2) is 9.13 Å². The van der Waals surface area contributed by atoms with Crippen LogP contribution in [0.15, 0.2) is 229 Å². The molecule has 10 aromatic carbocycles. The van der Waals surface area contributed by atoms with Crippen LogP contribution in [0, 0.1) is 0 Å². The van der Waals surface area contributed by atoms with E-state index in [-0.39, 0.29) is 0 Å². The first-order chi connectivity index (χ1) is 30.7. The van der Waals surface area contributed by atoms with E-state index in [2.05, 4.69) is 226 Å². The predicted molar refractivity (Wildman–Crippen MR) is 260 cm³/mol. The highest BCUT2D eigenvalue weighted by molar-refractivity contribution is 6.18. The maximum absolute atomic E-state index is 6.29. The van der Waals surface area contributed by atoms with E-state index in [1.54, 1.807) is 0 Å². The maximum atomic E-state index is 6.29. The molecular formula is C58H37N3O. The van der Waals surface area contributed by atoms with Gasteiger partial charge in [-0.3, -0.25) is 0 Å². The summed E-state index contributed by atoms with van der Waals surface area (Å²) < 4.78 is 11.1. The third-order valence-electron chi connectivity index (χ3n) is 12.7. The van der Waals surface area contributed by atoms with Crippen LogP contribution in [0.25, 0.3) is 98.8 Å². The lowest BCUT2D eigenvalue weighted by Crippen LogP contribution is -2.10. The normalized spacial score (nSPS) is 11.9. The van der Waals surface area contributed by atoms with Crippen LogP contribution in [0.3, 0.4) is 0 Å². The summed E-state index contributed by atoms with van der Waals surface area (Å²) in [5.41, 5.74) is 14.3. The first-order valence-electron chi connectivity index (χ1n) is 21.2. The van der Waals surface area contributed by atoms with Gasteiger partial charge in [-0.25, -0.2) is 0 Å². The fourth-order valence-corrected chi connectivity index (χ4v) is 9.86. The number of anilines is 3. The molecular weight excluding hydrogens is 755 g/mol. The van der Waals surface area contributed by atoms with Crippen molar-refractivity contribution in [3.8, 4) is 22.5 Å². The van der Waals surface area contributed by atoms with Gasteiger partial charge in [0.05, 0.1) is 22.1 Å². The largest absolute Gasteiger partial charge is 0.456 e. The molecule has 62 heavy (non-hydrogen) atoms. The maximum Gasteiger partial charge on any atom is 0.135 e. The lowest BCUT2D eigenvalue weighted by molar-refractivity contribution is 0.669. The number of hydrogen-bond donors (Lipinski definition) is 0. The van der Waals surface area contributed by atoms with E-state index in [4.69, 9.17) is 4.42 Å². The predicted octanol–water partition coefficient (Wildman–Crippen LogP) is 16.1. The number of para-hydroxylation sites is 4. The minimum Gasteiger partial charge on any atom is -0.456 e. The van der Waals surface area contributed by atoms with Crippen LogP contribution < -0.4 is 4.90 Å². The average molecular weight is 792 g/mol. The molecule has 0 aliphatic rings. The molecule has 0 radical (unpaired) electrons. The van der Waals surface area contributed by atoms with Crippen molar-refractivity contribution in [2.45, 2.75) is 0 Å². The summed E-state index contributed by atoms with van der Waals surface area (Å²) in [6.07, 6.45) is 0. The van der Waals surface area contributed by atoms with E-state index in [9.17, 15) is 0 Å². The number of rotatable bonds is 6. The molecule has 0 fully saturated rings. The minimum atomic E-state index is 0.877. The van der Waals surface area contributed by atoms with E-state index in [0.29, 0.717) is 0 Å². The van der Waals surface area contributed by atoms with E-state index >= 15 is 0 Å². The van der Waals surface area contributed by atoms with Gasteiger partial charge in [-0.05, 0) is 101 Å². The highest BCUT2D eigenvalue weighted by atomic mass is 16.3. The molecule has 3 aromatic heterocycles. The monoisotopic (exact) mass is 791 g/mol. The van der Waals surface area contributed by atoms with Gasteiger partial charge in [0.1, 0.15) is 11.2 Å². The molecule has 0 amide bonds. The van der Waals surface area contributed by atoms with Crippen molar-refractivity contribution in [1.29, 1.82) is 0 Å². The molecule has 0 aliphatic heterocycles. The molecule has 0 saturated heterocycles. The molecule has 0 atom stereocenters. The zero-order chi connectivity index (χ0) is 40.7. The quantitative estimate of drug-likeness (QED) is 0.168. The molecule has 0 bridgehead atoms. The second-order valence-corrected chi connectivity index (χ2v) is 16.1. The SMILES string of the molecule is c1ccc(-n2c3ccccc3c3ccc(N(c4ccc(-c5ccc(-n6c7ccccc7c7ccc8ccccc8c76)cc5)cc4)c4ccc5oc6ccccc6c5c4)cc32)cc1. The third-order valence-corrected chi connectivity index (χ3v) is 12.7. The van der Waals surface area contributed by atoms with Crippen molar-refractivity contribution < 1.29 is 4.42 Å². The second kappa shape index (κ2) is 13.6. The zero-order valence-electron chi connectivity index (χ0n) is 33.6. The molecule has 290 valence electrons. The van der Waals surface area contributed by atoms with Crippen molar-refractivity contribution in [3.63, 3.8) is 0 Å². The summed E-state index contributed by atoms with van der Waals surface area (Å²) >= 11 is 0. The Morgan fingerprint density at radius 3 is 1.63 bits per heavy atom. The van der Waals surface area contributed by atoms with Crippen LogP contribution in [0.1, 0.15) is 0 Å². The molecule has 0 unspecified atom stereocenters. The van der Waals surface area contributed by atoms with Gasteiger partial charge >= 0.3 is 0 Å². The Morgan fingerprint density at radius 1 is 0.306 bits per heavy atom. The Labute approximate surface area is 357 Å². The molecule has 13 aromatic rings. The summed E-state index contributed by atoms with van der Waals surface area (Å²) in [5.74, 6) is 0. The summed E-state index contributed by atoms with van der Waals surface area (Å²) in [7, 11) is 0. The second-order valence-electron chi connectivity index (χ2n) is 16.1. The van der Waals surface area contributed by atoms with Gasteiger partial charge in [0.2, 0.25) is 0 Å². The van der Waals surface area contributed by atoms with Gasteiger partial charge in [0.25, 0.3) is 0 Å². The molecule has 4 nitrogen and oxygen atoms in total. The topological polar surface area (TPSA) is 26.2 Å².